The van der Waals surface area contributed by atoms with Crippen molar-refractivity contribution in [2.75, 3.05) is 6.61 Å². The number of rotatable bonds is 5. The SMILES string of the molecule is CCON/C(=C\c1ccccc1)C(=O)O. The van der Waals surface area contributed by atoms with E-state index in [1.165, 1.54) is 6.08 Å². The molecule has 80 valence electrons. The Bertz CT molecular complexity index is 346. The lowest BCUT2D eigenvalue weighted by atomic mass is 10.2. The molecule has 0 bridgehead atoms. The second-order valence-corrected chi connectivity index (χ2v) is 2.81. The van der Waals surface area contributed by atoms with Crippen molar-refractivity contribution < 1.29 is 14.7 Å². The highest BCUT2D eigenvalue weighted by Gasteiger charge is 2.06. The number of carbonyl (C=O) groups is 1. The molecule has 0 saturated carbocycles. The molecule has 15 heavy (non-hydrogen) atoms. The van der Waals surface area contributed by atoms with E-state index in [1.54, 1.807) is 6.92 Å². The lowest BCUT2D eigenvalue weighted by molar-refractivity contribution is -0.134. The summed E-state index contributed by atoms with van der Waals surface area (Å²) in [6.45, 7) is 2.17. The van der Waals surface area contributed by atoms with Gasteiger partial charge >= 0.3 is 5.97 Å². The Hall–Kier alpha value is -1.81. The van der Waals surface area contributed by atoms with Gasteiger partial charge in [-0.3, -0.25) is 10.3 Å². The lowest BCUT2D eigenvalue weighted by Gasteiger charge is -2.05. The monoisotopic (exact) mass is 207 g/mol. The van der Waals surface area contributed by atoms with Crippen LogP contribution in [0.5, 0.6) is 0 Å². The van der Waals surface area contributed by atoms with Gasteiger partial charge in [0.2, 0.25) is 0 Å². The van der Waals surface area contributed by atoms with Gasteiger partial charge in [0.1, 0.15) is 5.70 Å². The molecule has 0 unspecified atom stereocenters. The summed E-state index contributed by atoms with van der Waals surface area (Å²) in [6.07, 6.45) is 1.51. The Morgan fingerprint density at radius 3 is 2.67 bits per heavy atom. The van der Waals surface area contributed by atoms with Crippen LogP contribution < -0.4 is 5.48 Å². The normalized spacial score (nSPS) is 11.1. The smallest absolute Gasteiger partial charge is 0.354 e. The van der Waals surface area contributed by atoms with Crippen LogP contribution in [0.1, 0.15) is 12.5 Å². The number of aliphatic carboxylic acids is 1. The summed E-state index contributed by atoms with van der Waals surface area (Å²) < 4.78 is 0. The van der Waals surface area contributed by atoms with Gasteiger partial charge < -0.3 is 5.11 Å². The minimum absolute atomic E-state index is 0.0167. The van der Waals surface area contributed by atoms with Gasteiger partial charge in [-0.05, 0) is 18.6 Å². The average molecular weight is 207 g/mol. The third-order valence-electron chi connectivity index (χ3n) is 1.67. The standard InChI is InChI=1S/C11H13NO3/c1-2-15-12-10(11(13)14)8-9-6-4-3-5-7-9/h3-8,12H,2H2,1H3,(H,13,14)/b10-8-. The fourth-order valence-corrected chi connectivity index (χ4v) is 1.00. The van der Waals surface area contributed by atoms with Crippen molar-refractivity contribution in [3.8, 4) is 0 Å². The minimum atomic E-state index is -1.05. The summed E-state index contributed by atoms with van der Waals surface area (Å²) >= 11 is 0. The predicted octanol–water partition coefficient (Wildman–Crippen LogP) is 1.65. The fourth-order valence-electron chi connectivity index (χ4n) is 1.00. The molecule has 1 aromatic rings. The second-order valence-electron chi connectivity index (χ2n) is 2.81. The highest BCUT2D eigenvalue weighted by molar-refractivity contribution is 5.91. The van der Waals surface area contributed by atoms with Gasteiger partial charge in [-0.2, -0.15) is 0 Å². The molecular formula is C11H13NO3. The van der Waals surface area contributed by atoms with Crippen LogP contribution in [0, 0.1) is 0 Å². The van der Waals surface area contributed by atoms with E-state index < -0.39 is 5.97 Å². The Morgan fingerprint density at radius 1 is 1.47 bits per heavy atom. The first-order valence-corrected chi connectivity index (χ1v) is 4.62. The Labute approximate surface area is 88.1 Å². The quantitative estimate of drug-likeness (QED) is 0.569. The van der Waals surface area contributed by atoms with Crippen molar-refractivity contribution in [1.29, 1.82) is 0 Å². The van der Waals surface area contributed by atoms with Gasteiger partial charge in [-0.15, -0.1) is 0 Å². The molecule has 1 rings (SSSR count). The van der Waals surface area contributed by atoms with Crippen LogP contribution >= 0.6 is 0 Å². The molecule has 2 N–H and O–H groups in total. The molecule has 4 heteroatoms. The van der Waals surface area contributed by atoms with Gasteiger partial charge in [-0.1, -0.05) is 30.3 Å². The zero-order valence-electron chi connectivity index (χ0n) is 8.43. The third-order valence-corrected chi connectivity index (χ3v) is 1.67. The van der Waals surface area contributed by atoms with E-state index in [-0.39, 0.29) is 5.70 Å². The second kappa shape index (κ2) is 5.82. The fraction of sp³-hybridized carbons (Fsp3) is 0.182. The summed E-state index contributed by atoms with van der Waals surface area (Å²) in [5, 5.41) is 8.85. The van der Waals surface area contributed by atoms with Crippen LogP contribution in [0.25, 0.3) is 6.08 Å². The lowest BCUT2D eigenvalue weighted by Crippen LogP contribution is -2.20. The number of hydrogen-bond acceptors (Lipinski definition) is 3. The molecule has 0 amide bonds. The summed E-state index contributed by atoms with van der Waals surface area (Å²) in [4.78, 5) is 15.6. The van der Waals surface area contributed by atoms with Crippen molar-refractivity contribution >= 4 is 12.0 Å². The van der Waals surface area contributed by atoms with Crippen LogP contribution in [0.15, 0.2) is 36.0 Å². The number of carboxylic acid groups (broad SMARTS) is 1. The number of hydroxylamine groups is 1. The molecule has 0 aliphatic carbocycles. The first-order chi connectivity index (χ1) is 7.24. The van der Waals surface area contributed by atoms with Gasteiger partial charge in [0, 0.05) is 0 Å². The molecule has 0 atom stereocenters. The Morgan fingerprint density at radius 2 is 2.13 bits per heavy atom. The topological polar surface area (TPSA) is 58.6 Å². The Kier molecular flexibility index (Phi) is 4.37. The van der Waals surface area contributed by atoms with Crippen molar-refractivity contribution in [2.45, 2.75) is 6.92 Å². The van der Waals surface area contributed by atoms with E-state index in [2.05, 4.69) is 5.48 Å². The molecule has 0 saturated heterocycles. The predicted molar refractivity (Wildman–Crippen MR) is 56.8 cm³/mol. The first-order valence-electron chi connectivity index (χ1n) is 4.62. The van der Waals surface area contributed by atoms with E-state index in [0.717, 1.165) is 5.56 Å². The molecule has 0 heterocycles. The third kappa shape index (κ3) is 3.83. The number of nitrogens with one attached hydrogen (secondary N) is 1. The summed E-state index contributed by atoms with van der Waals surface area (Å²) in [6, 6.07) is 9.18. The van der Waals surface area contributed by atoms with Crippen LogP contribution in [0.2, 0.25) is 0 Å². The minimum Gasteiger partial charge on any atom is -0.477 e. The van der Waals surface area contributed by atoms with Gasteiger partial charge in [0.05, 0.1) is 6.61 Å². The van der Waals surface area contributed by atoms with E-state index in [9.17, 15) is 4.79 Å². The maximum Gasteiger partial charge on any atom is 0.354 e. The van der Waals surface area contributed by atoms with Crippen LogP contribution in [0.3, 0.4) is 0 Å². The highest BCUT2D eigenvalue weighted by atomic mass is 16.6. The van der Waals surface area contributed by atoms with Crippen LogP contribution in [-0.2, 0) is 9.63 Å². The van der Waals surface area contributed by atoms with Crippen molar-refractivity contribution in [2.24, 2.45) is 0 Å². The zero-order valence-corrected chi connectivity index (χ0v) is 8.43. The number of hydrogen-bond donors (Lipinski definition) is 2. The summed E-state index contributed by atoms with van der Waals surface area (Å²) in [5.41, 5.74) is 3.20. The van der Waals surface area contributed by atoms with Crippen LogP contribution in [0.4, 0.5) is 0 Å². The maximum absolute atomic E-state index is 10.8. The Balaban J connectivity index is 2.79. The van der Waals surface area contributed by atoms with Crippen molar-refractivity contribution in [3.05, 3.63) is 41.6 Å². The van der Waals surface area contributed by atoms with E-state index in [1.807, 2.05) is 30.3 Å². The van der Waals surface area contributed by atoms with Crippen LogP contribution in [-0.4, -0.2) is 17.7 Å². The van der Waals surface area contributed by atoms with Gasteiger partial charge in [-0.25, -0.2) is 4.79 Å². The molecule has 0 fully saturated rings. The van der Waals surface area contributed by atoms with Gasteiger partial charge in [0.15, 0.2) is 0 Å². The molecular weight excluding hydrogens is 194 g/mol. The van der Waals surface area contributed by atoms with E-state index in [4.69, 9.17) is 9.94 Å². The number of benzene rings is 1. The van der Waals surface area contributed by atoms with E-state index in [0.29, 0.717) is 6.61 Å². The molecule has 0 aliphatic rings. The summed E-state index contributed by atoms with van der Waals surface area (Å²) in [5.74, 6) is -1.05. The molecule has 1 aromatic carbocycles. The number of carboxylic acids is 1. The van der Waals surface area contributed by atoms with Crippen molar-refractivity contribution in [1.82, 2.24) is 5.48 Å². The highest BCUT2D eigenvalue weighted by Crippen LogP contribution is 2.04. The van der Waals surface area contributed by atoms with Crippen molar-refractivity contribution in [3.63, 3.8) is 0 Å². The molecule has 0 aliphatic heterocycles. The summed E-state index contributed by atoms with van der Waals surface area (Å²) in [7, 11) is 0. The molecule has 4 nitrogen and oxygen atoms in total. The van der Waals surface area contributed by atoms with E-state index >= 15 is 0 Å². The first kappa shape index (κ1) is 11.3. The molecule has 0 radical (unpaired) electrons. The van der Waals surface area contributed by atoms with Gasteiger partial charge in [0.25, 0.3) is 0 Å². The maximum atomic E-state index is 10.8. The zero-order chi connectivity index (χ0) is 11.1. The molecule has 0 aromatic heterocycles. The largest absolute Gasteiger partial charge is 0.477 e. The average Bonchev–Trinajstić information content (AvgIpc) is 2.25. The molecule has 0 spiro atoms.